The van der Waals surface area contributed by atoms with Crippen LogP contribution in [0.4, 0.5) is 17.1 Å². The number of sulfonamides is 1. The number of nitrogens with zero attached hydrogens (tertiary/aromatic N) is 3. The third-order valence-electron chi connectivity index (χ3n) is 4.77. The first-order valence-electron chi connectivity index (χ1n) is 8.91. The molecule has 0 fully saturated rings. The van der Waals surface area contributed by atoms with Gasteiger partial charge < -0.3 is 9.80 Å². The van der Waals surface area contributed by atoms with Gasteiger partial charge in [0, 0.05) is 45.0 Å². The topological polar surface area (TPSA) is 60.9 Å². The van der Waals surface area contributed by atoms with Crippen LogP contribution in [0.2, 0.25) is 0 Å². The summed E-state index contributed by atoms with van der Waals surface area (Å²) in [6, 6.07) is 15.1. The summed E-state index contributed by atoms with van der Waals surface area (Å²) in [6.07, 6.45) is 2.14. The normalized spacial score (nSPS) is 13.4. The Kier molecular flexibility index (Phi) is 5.41. The van der Waals surface area contributed by atoms with Crippen LogP contribution in [-0.2, 0) is 21.2 Å². The Morgan fingerprint density at radius 1 is 1.04 bits per heavy atom. The van der Waals surface area contributed by atoms with Crippen LogP contribution in [0.15, 0.2) is 48.5 Å². The highest BCUT2D eigenvalue weighted by atomic mass is 32.2. The molecule has 7 heteroatoms. The average Bonchev–Trinajstić information content (AvgIpc) is 3.05. The lowest BCUT2D eigenvalue weighted by molar-refractivity contribution is -0.118. The van der Waals surface area contributed by atoms with E-state index in [0.29, 0.717) is 12.2 Å². The van der Waals surface area contributed by atoms with Crippen molar-refractivity contribution in [3.05, 3.63) is 54.1 Å². The van der Waals surface area contributed by atoms with E-state index in [2.05, 4.69) is 0 Å². The number of anilines is 3. The van der Waals surface area contributed by atoms with Gasteiger partial charge in [-0.1, -0.05) is 18.2 Å². The Balaban J connectivity index is 1.74. The molecule has 1 heterocycles. The van der Waals surface area contributed by atoms with Gasteiger partial charge in [0.25, 0.3) is 0 Å². The molecule has 2 aromatic carbocycles. The molecule has 1 amide bonds. The molecule has 1 aliphatic rings. The summed E-state index contributed by atoms with van der Waals surface area (Å²) in [5, 5.41) is 0. The van der Waals surface area contributed by atoms with Gasteiger partial charge in [0.15, 0.2) is 0 Å². The van der Waals surface area contributed by atoms with Gasteiger partial charge in [-0.3, -0.25) is 9.10 Å². The number of benzene rings is 2. The van der Waals surface area contributed by atoms with Crippen molar-refractivity contribution in [2.75, 3.05) is 47.5 Å². The van der Waals surface area contributed by atoms with Gasteiger partial charge in [-0.05, 0) is 42.3 Å². The summed E-state index contributed by atoms with van der Waals surface area (Å²) in [7, 11) is 0.371. The smallest absolute Gasteiger partial charge is 0.232 e. The number of hydrogen-bond donors (Lipinski definition) is 0. The Hall–Kier alpha value is -2.54. The Morgan fingerprint density at radius 2 is 1.67 bits per heavy atom. The van der Waals surface area contributed by atoms with Crippen LogP contribution in [-0.4, -0.2) is 47.8 Å². The number of carbonyl (C=O) groups is 1. The first-order valence-corrected chi connectivity index (χ1v) is 10.8. The van der Waals surface area contributed by atoms with Crippen molar-refractivity contribution in [2.24, 2.45) is 0 Å². The van der Waals surface area contributed by atoms with Crippen molar-refractivity contribution in [3.8, 4) is 0 Å². The average molecular weight is 388 g/mol. The molecular weight excluding hydrogens is 362 g/mol. The number of fused-ring (bicyclic) bond motifs is 1. The highest BCUT2D eigenvalue weighted by molar-refractivity contribution is 7.92. The van der Waals surface area contributed by atoms with Crippen molar-refractivity contribution in [1.82, 2.24) is 0 Å². The zero-order chi connectivity index (χ0) is 19.6. The lowest BCUT2D eigenvalue weighted by Gasteiger charge is -2.24. The van der Waals surface area contributed by atoms with Crippen LogP contribution in [0.5, 0.6) is 0 Å². The molecule has 0 spiro atoms. The summed E-state index contributed by atoms with van der Waals surface area (Å²) >= 11 is 0. The Labute approximate surface area is 161 Å². The van der Waals surface area contributed by atoms with Gasteiger partial charge >= 0.3 is 0 Å². The van der Waals surface area contributed by atoms with Crippen LogP contribution >= 0.6 is 0 Å². The van der Waals surface area contributed by atoms with Gasteiger partial charge in [-0.25, -0.2) is 8.42 Å². The molecule has 144 valence electrons. The second kappa shape index (κ2) is 7.60. The lowest BCUT2D eigenvalue weighted by atomic mass is 10.2. The molecule has 0 saturated carbocycles. The van der Waals surface area contributed by atoms with E-state index in [4.69, 9.17) is 0 Å². The predicted octanol–water partition coefficient (Wildman–Crippen LogP) is 2.50. The molecule has 0 radical (unpaired) electrons. The molecule has 0 aromatic heterocycles. The van der Waals surface area contributed by atoms with Gasteiger partial charge in [-0.2, -0.15) is 0 Å². The van der Waals surface area contributed by atoms with Crippen LogP contribution in [0.3, 0.4) is 0 Å². The molecule has 0 N–H and O–H groups in total. The van der Waals surface area contributed by atoms with Crippen molar-refractivity contribution in [2.45, 2.75) is 12.8 Å². The molecule has 0 bridgehead atoms. The number of para-hydroxylation sites is 1. The van der Waals surface area contributed by atoms with Gasteiger partial charge in [0.05, 0.1) is 11.9 Å². The third-order valence-corrected chi connectivity index (χ3v) is 5.97. The Bertz CT molecular complexity index is 924. The van der Waals surface area contributed by atoms with Gasteiger partial charge in [0.2, 0.25) is 15.9 Å². The fraction of sp³-hybridized carbons (Fsp3) is 0.350. The van der Waals surface area contributed by atoms with Crippen molar-refractivity contribution in [1.29, 1.82) is 0 Å². The van der Waals surface area contributed by atoms with Crippen molar-refractivity contribution >= 4 is 33.0 Å². The molecule has 27 heavy (non-hydrogen) atoms. The third kappa shape index (κ3) is 4.24. The predicted molar refractivity (Wildman–Crippen MR) is 110 cm³/mol. The van der Waals surface area contributed by atoms with Crippen molar-refractivity contribution < 1.29 is 13.2 Å². The van der Waals surface area contributed by atoms with E-state index in [9.17, 15) is 13.2 Å². The van der Waals surface area contributed by atoms with E-state index >= 15 is 0 Å². The minimum atomic E-state index is -3.48. The van der Waals surface area contributed by atoms with Crippen molar-refractivity contribution in [3.63, 3.8) is 0 Å². The molecule has 1 aliphatic heterocycles. The fourth-order valence-corrected chi connectivity index (χ4v) is 4.26. The van der Waals surface area contributed by atoms with Crippen LogP contribution < -0.4 is 14.1 Å². The zero-order valence-corrected chi connectivity index (χ0v) is 16.7. The summed E-state index contributed by atoms with van der Waals surface area (Å²) in [4.78, 5) is 16.4. The second-order valence-corrected chi connectivity index (χ2v) is 8.83. The van der Waals surface area contributed by atoms with E-state index in [1.807, 2.05) is 55.4 Å². The molecule has 0 aliphatic carbocycles. The number of hydrogen-bond acceptors (Lipinski definition) is 4. The molecule has 0 unspecified atom stereocenters. The quantitative estimate of drug-likeness (QED) is 0.764. The standard InChI is InChI=1S/C20H25N3O3S/c1-21(2)17-8-10-18(11-9-17)23(27(3,25)26)15-13-20(24)22-14-12-16-6-4-5-7-19(16)22/h4-11H,12-15H2,1-3H3. The molecule has 0 atom stereocenters. The summed E-state index contributed by atoms with van der Waals surface area (Å²) in [6.45, 7) is 0.770. The largest absolute Gasteiger partial charge is 0.378 e. The molecule has 0 saturated heterocycles. The molecule has 6 nitrogen and oxygen atoms in total. The first kappa shape index (κ1) is 19.2. The first-order chi connectivity index (χ1) is 12.8. The van der Waals surface area contributed by atoms with E-state index in [0.717, 1.165) is 23.4 Å². The maximum absolute atomic E-state index is 12.7. The zero-order valence-electron chi connectivity index (χ0n) is 15.9. The van der Waals surface area contributed by atoms with Gasteiger partial charge in [0.1, 0.15) is 0 Å². The highest BCUT2D eigenvalue weighted by Crippen LogP contribution is 2.28. The monoisotopic (exact) mass is 387 g/mol. The van der Waals surface area contributed by atoms with E-state index in [-0.39, 0.29) is 18.9 Å². The number of carbonyl (C=O) groups excluding carboxylic acids is 1. The summed E-state index contributed by atoms with van der Waals surface area (Å²) < 4.78 is 25.8. The van der Waals surface area contributed by atoms with E-state index in [1.165, 1.54) is 10.6 Å². The van der Waals surface area contributed by atoms with Crippen LogP contribution in [0, 0.1) is 0 Å². The number of amides is 1. The molecule has 2 aromatic rings. The minimum Gasteiger partial charge on any atom is -0.378 e. The highest BCUT2D eigenvalue weighted by Gasteiger charge is 2.26. The maximum atomic E-state index is 12.7. The number of rotatable bonds is 6. The van der Waals surface area contributed by atoms with Gasteiger partial charge in [-0.15, -0.1) is 0 Å². The lowest BCUT2D eigenvalue weighted by Crippen LogP contribution is -2.36. The second-order valence-electron chi connectivity index (χ2n) is 6.92. The summed E-state index contributed by atoms with van der Waals surface area (Å²) in [5.74, 6) is -0.0569. The maximum Gasteiger partial charge on any atom is 0.232 e. The molecule has 3 rings (SSSR count). The summed E-state index contributed by atoms with van der Waals surface area (Å²) in [5.41, 5.74) is 3.64. The van der Waals surface area contributed by atoms with Crippen LogP contribution in [0.1, 0.15) is 12.0 Å². The molecular formula is C20H25N3O3S. The fourth-order valence-electron chi connectivity index (χ4n) is 3.33. The SMILES string of the molecule is CN(C)c1ccc(N(CCC(=O)N2CCc3ccccc32)S(C)(=O)=O)cc1. The van der Waals surface area contributed by atoms with E-state index in [1.54, 1.807) is 17.0 Å². The Morgan fingerprint density at radius 3 is 2.30 bits per heavy atom. The van der Waals surface area contributed by atoms with E-state index < -0.39 is 10.0 Å². The van der Waals surface area contributed by atoms with Crippen LogP contribution in [0.25, 0.3) is 0 Å². The minimum absolute atomic E-state index is 0.0569.